The molecule has 0 amide bonds. The van der Waals surface area contributed by atoms with Crippen molar-refractivity contribution in [2.24, 2.45) is 0 Å². The number of hydrogen-bond donors (Lipinski definition) is 1. The maximum absolute atomic E-state index is 8.81. The van der Waals surface area contributed by atoms with Crippen molar-refractivity contribution < 1.29 is 4.74 Å². The molecule has 0 saturated heterocycles. The summed E-state index contributed by atoms with van der Waals surface area (Å²) in [5.41, 5.74) is 1.36. The summed E-state index contributed by atoms with van der Waals surface area (Å²) in [6.07, 6.45) is 3.48. The molecule has 0 atom stereocenters. The zero-order valence-corrected chi connectivity index (χ0v) is 9.03. The average Bonchev–Trinajstić information content (AvgIpc) is 2.24. The van der Waals surface area contributed by atoms with E-state index < -0.39 is 0 Å². The summed E-state index contributed by atoms with van der Waals surface area (Å²) in [5, 5.41) is 11.9. The Morgan fingerprint density at radius 2 is 2.40 bits per heavy atom. The number of nitrogens with zero attached hydrogens (tertiary/aromatic N) is 2. The molecule has 0 bridgehead atoms. The van der Waals surface area contributed by atoms with Gasteiger partial charge in [0.15, 0.2) is 0 Å². The second kappa shape index (κ2) is 5.99. The van der Waals surface area contributed by atoms with E-state index in [9.17, 15) is 0 Å². The van der Waals surface area contributed by atoms with Gasteiger partial charge in [-0.3, -0.25) is 4.98 Å². The summed E-state index contributed by atoms with van der Waals surface area (Å²) >= 11 is 0. The number of hydrogen-bond acceptors (Lipinski definition) is 4. The molecule has 15 heavy (non-hydrogen) atoms. The van der Waals surface area contributed by atoms with Gasteiger partial charge in [0, 0.05) is 12.7 Å². The van der Waals surface area contributed by atoms with Crippen molar-refractivity contribution in [3.05, 3.63) is 24.0 Å². The lowest BCUT2D eigenvalue weighted by atomic mass is 10.2. The maximum Gasteiger partial charge on any atom is 0.101 e. The Labute approximate surface area is 89.9 Å². The molecule has 0 saturated carbocycles. The highest BCUT2D eigenvalue weighted by molar-refractivity contribution is 5.55. The normalized spacial score (nSPS) is 10.0. The van der Waals surface area contributed by atoms with Crippen LogP contribution >= 0.6 is 0 Å². The number of ether oxygens (including phenoxy) is 1. The second-order valence-electron chi connectivity index (χ2n) is 3.38. The van der Waals surface area contributed by atoms with Crippen LogP contribution in [0.2, 0.25) is 0 Å². The fourth-order valence-corrected chi connectivity index (χ4v) is 1.11. The topological polar surface area (TPSA) is 57.9 Å². The minimum absolute atomic E-state index is 0.233. The van der Waals surface area contributed by atoms with E-state index in [1.165, 1.54) is 0 Å². The van der Waals surface area contributed by atoms with E-state index >= 15 is 0 Å². The molecule has 0 aliphatic rings. The van der Waals surface area contributed by atoms with Gasteiger partial charge in [-0.1, -0.05) is 0 Å². The van der Waals surface area contributed by atoms with Crippen LogP contribution in [0.1, 0.15) is 19.4 Å². The number of rotatable bonds is 5. The minimum atomic E-state index is 0.233. The molecule has 1 heterocycles. The molecule has 0 aliphatic heterocycles. The largest absolute Gasteiger partial charge is 0.380 e. The lowest BCUT2D eigenvalue weighted by Crippen LogP contribution is -2.13. The van der Waals surface area contributed by atoms with Gasteiger partial charge in [-0.05, 0) is 19.9 Å². The van der Waals surface area contributed by atoms with E-state index in [1.54, 1.807) is 18.5 Å². The van der Waals surface area contributed by atoms with E-state index in [4.69, 9.17) is 10.00 Å². The number of aromatic nitrogens is 1. The highest BCUT2D eigenvalue weighted by Gasteiger charge is 2.00. The van der Waals surface area contributed by atoms with Crippen molar-refractivity contribution in [2.45, 2.75) is 20.0 Å². The average molecular weight is 205 g/mol. The molecule has 1 aromatic heterocycles. The zero-order valence-electron chi connectivity index (χ0n) is 9.03. The molecular formula is C11H15N3O. The van der Waals surface area contributed by atoms with Crippen molar-refractivity contribution in [2.75, 3.05) is 18.5 Å². The van der Waals surface area contributed by atoms with Gasteiger partial charge in [0.1, 0.15) is 6.07 Å². The lowest BCUT2D eigenvalue weighted by molar-refractivity contribution is 0.0870. The van der Waals surface area contributed by atoms with Gasteiger partial charge < -0.3 is 10.1 Å². The van der Waals surface area contributed by atoms with Gasteiger partial charge in [0.25, 0.3) is 0 Å². The van der Waals surface area contributed by atoms with Gasteiger partial charge in [-0.2, -0.15) is 5.26 Å². The third-order valence-electron chi connectivity index (χ3n) is 1.81. The first-order chi connectivity index (χ1) is 7.24. The predicted octanol–water partition coefficient (Wildman–Crippen LogP) is 1.79. The summed E-state index contributed by atoms with van der Waals surface area (Å²) in [4.78, 5) is 3.95. The fraction of sp³-hybridized carbons (Fsp3) is 0.455. The van der Waals surface area contributed by atoms with E-state index in [1.807, 2.05) is 13.8 Å². The Hall–Kier alpha value is -1.60. The first-order valence-corrected chi connectivity index (χ1v) is 4.93. The summed E-state index contributed by atoms with van der Waals surface area (Å²) in [6, 6.07) is 3.79. The smallest absolute Gasteiger partial charge is 0.101 e. The van der Waals surface area contributed by atoms with Gasteiger partial charge in [0.05, 0.1) is 30.2 Å². The summed E-state index contributed by atoms with van der Waals surface area (Å²) in [7, 11) is 0. The summed E-state index contributed by atoms with van der Waals surface area (Å²) < 4.78 is 5.37. The van der Waals surface area contributed by atoms with Crippen LogP contribution in [-0.4, -0.2) is 24.2 Å². The van der Waals surface area contributed by atoms with Crippen LogP contribution in [0.15, 0.2) is 18.5 Å². The maximum atomic E-state index is 8.81. The van der Waals surface area contributed by atoms with Crippen molar-refractivity contribution >= 4 is 5.69 Å². The van der Waals surface area contributed by atoms with Crippen LogP contribution in [0.25, 0.3) is 0 Å². The van der Waals surface area contributed by atoms with Crippen molar-refractivity contribution in [3.8, 4) is 6.07 Å². The highest BCUT2D eigenvalue weighted by Crippen LogP contribution is 2.10. The molecule has 4 heteroatoms. The molecule has 80 valence electrons. The fourth-order valence-electron chi connectivity index (χ4n) is 1.11. The SMILES string of the molecule is CC(C)OCCNc1cnccc1C#N. The van der Waals surface area contributed by atoms with E-state index in [0.717, 1.165) is 5.69 Å². The Morgan fingerprint density at radius 1 is 1.60 bits per heavy atom. The summed E-state index contributed by atoms with van der Waals surface area (Å²) in [6.45, 7) is 5.28. The quantitative estimate of drug-likeness (QED) is 0.744. The van der Waals surface area contributed by atoms with Crippen LogP contribution < -0.4 is 5.32 Å². The van der Waals surface area contributed by atoms with Crippen molar-refractivity contribution in [1.29, 1.82) is 5.26 Å². The summed E-state index contributed by atoms with van der Waals surface area (Å²) in [5.74, 6) is 0. The first-order valence-electron chi connectivity index (χ1n) is 4.93. The lowest BCUT2D eigenvalue weighted by Gasteiger charge is -2.09. The van der Waals surface area contributed by atoms with Crippen molar-refractivity contribution in [1.82, 2.24) is 4.98 Å². The Kier molecular flexibility index (Phi) is 4.58. The molecule has 0 spiro atoms. The van der Waals surface area contributed by atoms with Gasteiger partial charge in [0.2, 0.25) is 0 Å². The molecule has 0 aromatic carbocycles. The molecule has 1 aromatic rings. The molecule has 1 rings (SSSR count). The molecule has 4 nitrogen and oxygen atoms in total. The van der Waals surface area contributed by atoms with Crippen LogP contribution in [-0.2, 0) is 4.74 Å². The Morgan fingerprint density at radius 3 is 3.07 bits per heavy atom. The number of pyridine rings is 1. The molecule has 0 aliphatic carbocycles. The molecule has 0 fully saturated rings. The Bertz CT molecular complexity index is 344. The van der Waals surface area contributed by atoms with Crippen LogP contribution in [0.4, 0.5) is 5.69 Å². The van der Waals surface area contributed by atoms with Gasteiger partial charge in [-0.25, -0.2) is 0 Å². The Balaban J connectivity index is 2.41. The van der Waals surface area contributed by atoms with Crippen LogP contribution in [0.3, 0.4) is 0 Å². The molecule has 0 unspecified atom stereocenters. The van der Waals surface area contributed by atoms with Crippen molar-refractivity contribution in [3.63, 3.8) is 0 Å². The van der Waals surface area contributed by atoms with E-state index in [0.29, 0.717) is 18.7 Å². The van der Waals surface area contributed by atoms with Gasteiger partial charge in [-0.15, -0.1) is 0 Å². The minimum Gasteiger partial charge on any atom is -0.380 e. The van der Waals surface area contributed by atoms with E-state index in [-0.39, 0.29) is 6.10 Å². The number of anilines is 1. The first kappa shape index (κ1) is 11.5. The highest BCUT2D eigenvalue weighted by atomic mass is 16.5. The molecule has 1 N–H and O–H groups in total. The predicted molar refractivity (Wildman–Crippen MR) is 58.5 cm³/mol. The number of nitrogens with one attached hydrogen (secondary N) is 1. The van der Waals surface area contributed by atoms with Crippen LogP contribution in [0, 0.1) is 11.3 Å². The molecule has 0 radical (unpaired) electrons. The monoisotopic (exact) mass is 205 g/mol. The standard InChI is InChI=1S/C11H15N3O/c1-9(2)15-6-5-14-11-8-13-4-3-10(11)7-12/h3-4,8-9,14H,5-6H2,1-2H3. The second-order valence-corrected chi connectivity index (χ2v) is 3.38. The third-order valence-corrected chi connectivity index (χ3v) is 1.81. The van der Waals surface area contributed by atoms with E-state index in [2.05, 4.69) is 16.4 Å². The van der Waals surface area contributed by atoms with Gasteiger partial charge >= 0.3 is 0 Å². The zero-order chi connectivity index (χ0) is 11.1. The third kappa shape index (κ3) is 3.96. The number of nitriles is 1. The molecular weight excluding hydrogens is 190 g/mol. The van der Waals surface area contributed by atoms with Crippen LogP contribution in [0.5, 0.6) is 0 Å².